The first-order valence-electron chi connectivity index (χ1n) is 5.96. The zero-order valence-electron chi connectivity index (χ0n) is 11.0. The van der Waals surface area contributed by atoms with Crippen molar-refractivity contribution in [3.63, 3.8) is 0 Å². The topological polar surface area (TPSA) is 69.8 Å². The third kappa shape index (κ3) is 1.64. The number of nitrogens with zero attached hydrogens (tertiary/aromatic N) is 4. The summed E-state index contributed by atoms with van der Waals surface area (Å²) in [5.74, 6) is 0. The van der Waals surface area contributed by atoms with E-state index in [0.717, 1.165) is 28.8 Å². The molecule has 2 aromatic rings. The van der Waals surface area contributed by atoms with Crippen molar-refractivity contribution in [1.82, 2.24) is 19.1 Å². The summed E-state index contributed by atoms with van der Waals surface area (Å²) >= 11 is 0. The molecule has 0 aliphatic carbocycles. The normalized spacial score (nSPS) is 11.1. The van der Waals surface area contributed by atoms with E-state index in [0.29, 0.717) is 5.65 Å². The number of rotatable bonds is 2. The third-order valence-corrected chi connectivity index (χ3v) is 3.10. The largest absolute Gasteiger partial charge is 0.332 e. The molecule has 6 heteroatoms. The quantitative estimate of drug-likeness (QED) is 0.758. The van der Waals surface area contributed by atoms with E-state index in [-0.39, 0.29) is 11.2 Å². The van der Waals surface area contributed by atoms with Gasteiger partial charge in [0.25, 0.3) is 5.56 Å². The van der Waals surface area contributed by atoms with Gasteiger partial charge in [-0.3, -0.25) is 13.9 Å². The van der Waals surface area contributed by atoms with Crippen LogP contribution in [0.25, 0.3) is 11.2 Å². The summed E-state index contributed by atoms with van der Waals surface area (Å²) in [4.78, 5) is 32.6. The Labute approximate surface area is 104 Å². The molecule has 0 aliphatic rings. The summed E-state index contributed by atoms with van der Waals surface area (Å²) in [6.45, 7) is 3.95. The van der Waals surface area contributed by atoms with Gasteiger partial charge in [-0.15, -0.1) is 0 Å². The van der Waals surface area contributed by atoms with Crippen molar-refractivity contribution in [2.75, 3.05) is 0 Å². The molecule has 2 rings (SSSR count). The Hall–Kier alpha value is -1.98. The smallest absolute Gasteiger partial charge is 0.279 e. The van der Waals surface area contributed by atoms with Crippen LogP contribution in [0.3, 0.4) is 0 Å². The van der Waals surface area contributed by atoms with Crippen LogP contribution < -0.4 is 11.2 Å². The van der Waals surface area contributed by atoms with E-state index in [1.54, 1.807) is 7.05 Å². The average Bonchev–Trinajstić information content (AvgIpc) is 2.41. The van der Waals surface area contributed by atoms with Crippen LogP contribution in [0, 0.1) is 0 Å². The van der Waals surface area contributed by atoms with Gasteiger partial charge in [-0.2, -0.15) is 0 Å². The predicted molar refractivity (Wildman–Crippen MR) is 68.8 cm³/mol. The Bertz CT molecular complexity index is 727. The maximum atomic E-state index is 12.0. The van der Waals surface area contributed by atoms with Crippen molar-refractivity contribution in [2.24, 2.45) is 14.1 Å². The molecule has 18 heavy (non-hydrogen) atoms. The monoisotopic (exact) mass is 248 g/mol. The maximum absolute atomic E-state index is 12.0. The molecule has 0 atom stereocenters. The van der Waals surface area contributed by atoms with E-state index in [1.807, 2.05) is 13.8 Å². The second-order valence-electron chi connectivity index (χ2n) is 4.20. The van der Waals surface area contributed by atoms with E-state index in [9.17, 15) is 9.59 Å². The minimum Gasteiger partial charge on any atom is -0.279 e. The first kappa shape index (κ1) is 12.5. The minimum atomic E-state index is -0.391. The molecule has 96 valence electrons. The Morgan fingerprint density at radius 2 is 1.50 bits per heavy atom. The average molecular weight is 248 g/mol. The molecule has 0 N–H and O–H groups in total. The van der Waals surface area contributed by atoms with Crippen LogP contribution in [0.1, 0.15) is 25.2 Å². The standard InChI is InChI=1S/C12H16N4O2/c1-5-7-8(6-2)14-10-9(13-7)11(17)16(4)12(18)15(10)3/h5-6H2,1-4H3. The van der Waals surface area contributed by atoms with Crippen molar-refractivity contribution in [1.29, 1.82) is 0 Å². The van der Waals surface area contributed by atoms with Crippen LogP contribution in [0.2, 0.25) is 0 Å². The number of hydrogen-bond acceptors (Lipinski definition) is 4. The van der Waals surface area contributed by atoms with Gasteiger partial charge in [-0.05, 0) is 12.8 Å². The molecule has 0 aliphatic heterocycles. The second-order valence-corrected chi connectivity index (χ2v) is 4.20. The lowest BCUT2D eigenvalue weighted by Gasteiger charge is -2.09. The molecule has 0 saturated carbocycles. The lowest BCUT2D eigenvalue weighted by molar-refractivity contribution is 0.700. The fourth-order valence-electron chi connectivity index (χ4n) is 2.00. The van der Waals surface area contributed by atoms with E-state index in [1.165, 1.54) is 11.6 Å². The van der Waals surface area contributed by atoms with Crippen LogP contribution >= 0.6 is 0 Å². The molecular formula is C12H16N4O2. The first-order valence-corrected chi connectivity index (χ1v) is 5.96. The van der Waals surface area contributed by atoms with Gasteiger partial charge in [0, 0.05) is 14.1 Å². The van der Waals surface area contributed by atoms with Crippen molar-refractivity contribution >= 4 is 11.2 Å². The summed E-state index contributed by atoms with van der Waals surface area (Å²) in [6.07, 6.45) is 1.45. The highest BCUT2D eigenvalue weighted by Crippen LogP contribution is 2.09. The first-order chi connectivity index (χ1) is 8.51. The maximum Gasteiger partial charge on any atom is 0.332 e. The molecule has 0 bridgehead atoms. The Kier molecular flexibility index (Phi) is 3.02. The van der Waals surface area contributed by atoms with Crippen molar-refractivity contribution < 1.29 is 0 Å². The van der Waals surface area contributed by atoms with Crippen molar-refractivity contribution in [2.45, 2.75) is 26.7 Å². The highest BCUT2D eigenvalue weighted by Gasteiger charge is 2.14. The molecule has 0 fully saturated rings. The van der Waals surface area contributed by atoms with Gasteiger partial charge >= 0.3 is 5.69 Å². The van der Waals surface area contributed by atoms with Gasteiger partial charge in [-0.25, -0.2) is 14.8 Å². The summed E-state index contributed by atoms with van der Waals surface area (Å²) in [5.41, 5.74) is 1.51. The van der Waals surface area contributed by atoms with Crippen LogP contribution in [-0.4, -0.2) is 19.1 Å². The Balaban J connectivity index is 3.03. The number of aryl methyl sites for hydroxylation is 3. The summed E-state index contributed by atoms with van der Waals surface area (Å²) in [6, 6.07) is 0. The lowest BCUT2D eigenvalue weighted by atomic mass is 10.2. The molecule has 0 unspecified atom stereocenters. The Morgan fingerprint density at radius 1 is 0.944 bits per heavy atom. The van der Waals surface area contributed by atoms with Crippen LogP contribution in [0.15, 0.2) is 9.59 Å². The van der Waals surface area contributed by atoms with E-state index >= 15 is 0 Å². The fraction of sp³-hybridized carbons (Fsp3) is 0.500. The summed E-state index contributed by atoms with van der Waals surface area (Å²) < 4.78 is 2.42. The van der Waals surface area contributed by atoms with Gasteiger partial charge in [0.1, 0.15) is 0 Å². The fourth-order valence-corrected chi connectivity index (χ4v) is 2.00. The van der Waals surface area contributed by atoms with Crippen LogP contribution in [-0.2, 0) is 26.9 Å². The third-order valence-electron chi connectivity index (χ3n) is 3.10. The molecule has 0 amide bonds. The number of aromatic nitrogens is 4. The molecule has 0 spiro atoms. The molecule has 6 nitrogen and oxygen atoms in total. The number of hydrogen-bond donors (Lipinski definition) is 0. The molecule has 2 aromatic heterocycles. The van der Waals surface area contributed by atoms with Gasteiger partial charge in [0.15, 0.2) is 11.2 Å². The Morgan fingerprint density at radius 3 is 2.06 bits per heavy atom. The zero-order valence-corrected chi connectivity index (χ0v) is 11.0. The minimum absolute atomic E-state index is 0.258. The second kappa shape index (κ2) is 4.36. The van der Waals surface area contributed by atoms with Crippen molar-refractivity contribution in [3.05, 3.63) is 32.2 Å². The van der Waals surface area contributed by atoms with Gasteiger partial charge < -0.3 is 0 Å². The highest BCUT2D eigenvalue weighted by atomic mass is 16.2. The van der Waals surface area contributed by atoms with Crippen LogP contribution in [0.4, 0.5) is 0 Å². The van der Waals surface area contributed by atoms with E-state index < -0.39 is 5.56 Å². The van der Waals surface area contributed by atoms with Crippen LogP contribution in [0.5, 0.6) is 0 Å². The summed E-state index contributed by atoms with van der Waals surface area (Å²) in [7, 11) is 3.05. The van der Waals surface area contributed by atoms with E-state index in [4.69, 9.17) is 0 Å². The SMILES string of the molecule is CCc1nc2c(=O)n(C)c(=O)n(C)c2nc1CC. The summed E-state index contributed by atoms with van der Waals surface area (Å²) in [5, 5.41) is 0. The molecule has 0 aromatic carbocycles. The van der Waals surface area contributed by atoms with Gasteiger partial charge in [0.2, 0.25) is 0 Å². The highest BCUT2D eigenvalue weighted by molar-refractivity contribution is 5.69. The molecule has 0 radical (unpaired) electrons. The predicted octanol–water partition coefficient (Wildman–Crippen LogP) is 0.152. The lowest BCUT2D eigenvalue weighted by Crippen LogP contribution is -2.38. The van der Waals surface area contributed by atoms with E-state index in [2.05, 4.69) is 9.97 Å². The molecule has 2 heterocycles. The number of fused-ring (bicyclic) bond motifs is 1. The van der Waals surface area contributed by atoms with Gasteiger partial charge in [0.05, 0.1) is 11.4 Å². The molecule has 0 saturated heterocycles. The molecular weight excluding hydrogens is 232 g/mol. The van der Waals surface area contributed by atoms with Crippen molar-refractivity contribution in [3.8, 4) is 0 Å². The van der Waals surface area contributed by atoms with Gasteiger partial charge in [-0.1, -0.05) is 13.8 Å². The zero-order chi connectivity index (χ0) is 13.4.